The van der Waals surface area contributed by atoms with Gasteiger partial charge in [0.1, 0.15) is 0 Å². The molecule has 1 amide bonds. The lowest BCUT2D eigenvalue weighted by atomic mass is 10.2. The van der Waals surface area contributed by atoms with E-state index in [1.165, 1.54) is 0 Å². The Labute approximate surface area is 146 Å². The largest absolute Gasteiger partial charge is 0.326 e. The number of hydrogen-bond donors (Lipinski definition) is 1. The summed E-state index contributed by atoms with van der Waals surface area (Å²) in [4.78, 5) is 12.3. The molecular formula is C18H21NO3S2. The standard InChI is InChI=1S/C18H21NO3S2/c20-18(10-5-14-11-12-23-13-14)19-15-6-8-17(9-7-15)24(21,22)16-3-1-2-4-16/h6-9,11-13,16H,1-5,10H2,(H,19,20). The highest BCUT2D eigenvalue weighted by atomic mass is 32.2. The first kappa shape index (κ1) is 17.2. The molecule has 1 N–H and O–H groups in total. The molecule has 1 fully saturated rings. The molecule has 24 heavy (non-hydrogen) atoms. The first-order chi connectivity index (χ1) is 11.6. The molecule has 1 aliphatic rings. The number of anilines is 1. The van der Waals surface area contributed by atoms with E-state index in [1.54, 1.807) is 35.6 Å². The predicted octanol–water partition coefficient (Wildman–Crippen LogP) is 4.04. The highest BCUT2D eigenvalue weighted by molar-refractivity contribution is 7.92. The fourth-order valence-corrected chi connectivity index (χ4v) is 5.59. The van der Waals surface area contributed by atoms with Crippen molar-refractivity contribution < 1.29 is 13.2 Å². The minimum atomic E-state index is -3.24. The van der Waals surface area contributed by atoms with E-state index < -0.39 is 9.84 Å². The molecule has 0 bridgehead atoms. The van der Waals surface area contributed by atoms with Gasteiger partial charge in [-0.3, -0.25) is 4.79 Å². The zero-order valence-electron chi connectivity index (χ0n) is 13.4. The van der Waals surface area contributed by atoms with Crippen LogP contribution in [0.2, 0.25) is 0 Å². The van der Waals surface area contributed by atoms with Crippen LogP contribution >= 0.6 is 11.3 Å². The Kier molecular flexibility index (Phi) is 5.36. The van der Waals surface area contributed by atoms with E-state index >= 15 is 0 Å². The molecule has 3 rings (SSSR count). The summed E-state index contributed by atoms with van der Waals surface area (Å²) in [5.41, 5.74) is 1.80. The number of rotatable bonds is 6. The lowest BCUT2D eigenvalue weighted by Gasteiger charge is -2.12. The molecule has 0 aliphatic heterocycles. The Morgan fingerprint density at radius 3 is 2.46 bits per heavy atom. The molecule has 1 aliphatic carbocycles. The van der Waals surface area contributed by atoms with E-state index in [1.807, 2.05) is 16.8 Å². The highest BCUT2D eigenvalue weighted by Crippen LogP contribution is 2.30. The summed E-state index contributed by atoms with van der Waals surface area (Å²) in [5.74, 6) is -0.0624. The van der Waals surface area contributed by atoms with Crippen molar-refractivity contribution in [1.29, 1.82) is 0 Å². The summed E-state index contributed by atoms with van der Waals surface area (Å²) in [6, 6.07) is 8.56. The lowest BCUT2D eigenvalue weighted by Crippen LogP contribution is -2.18. The van der Waals surface area contributed by atoms with Gasteiger partial charge in [-0.15, -0.1) is 0 Å². The SMILES string of the molecule is O=C(CCc1ccsc1)Nc1ccc(S(=O)(=O)C2CCCC2)cc1. The third kappa shape index (κ3) is 4.05. The summed E-state index contributed by atoms with van der Waals surface area (Å²) in [6.45, 7) is 0. The van der Waals surface area contributed by atoms with Crippen LogP contribution in [0.4, 0.5) is 5.69 Å². The molecule has 0 radical (unpaired) electrons. The van der Waals surface area contributed by atoms with Gasteiger partial charge < -0.3 is 5.32 Å². The molecule has 1 aromatic heterocycles. The topological polar surface area (TPSA) is 63.2 Å². The normalized spacial score (nSPS) is 15.5. The van der Waals surface area contributed by atoms with Gasteiger partial charge in [-0.25, -0.2) is 8.42 Å². The van der Waals surface area contributed by atoms with Crippen LogP contribution in [0.5, 0.6) is 0 Å². The fraction of sp³-hybridized carbons (Fsp3) is 0.389. The highest BCUT2D eigenvalue weighted by Gasteiger charge is 2.30. The van der Waals surface area contributed by atoms with Crippen molar-refractivity contribution in [3.63, 3.8) is 0 Å². The Hall–Kier alpha value is -1.66. The summed E-state index contributed by atoms with van der Waals surface area (Å²) in [7, 11) is -3.24. The van der Waals surface area contributed by atoms with Crippen LogP contribution in [0, 0.1) is 0 Å². The van der Waals surface area contributed by atoms with Crippen LogP contribution in [0.15, 0.2) is 46.0 Å². The number of thiophene rings is 1. The molecule has 0 atom stereocenters. The number of nitrogens with one attached hydrogen (secondary N) is 1. The number of hydrogen-bond acceptors (Lipinski definition) is 4. The van der Waals surface area contributed by atoms with Crippen molar-refractivity contribution in [3.8, 4) is 0 Å². The zero-order valence-corrected chi connectivity index (χ0v) is 15.0. The summed E-state index contributed by atoms with van der Waals surface area (Å²) in [6.07, 6.45) is 4.61. The van der Waals surface area contributed by atoms with Crippen molar-refractivity contribution in [2.45, 2.75) is 48.7 Å². The maximum absolute atomic E-state index is 12.5. The van der Waals surface area contributed by atoms with E-state index in [0.717, 1.165) is 31.2 Å². The van der Waals surface area contributed by atoms with Gasteiger partial charge >= 0.3 is 0 Å². The zero-order chi connectivity index (χ0) is 17.0. The minimum Gasteiger partial charge on any atom is -0.326 e. The molecule has 0 unspecified atom stereocenters. The van der Waals surface area contributed by atoms with E-state index in [0.29, 0.717) is 23.4 Å². The second-order valence-electron chi connectivity index (χ2n) is 6.16. The van der Waals surface area contributed by atoms with Crippen LogP contribution in [-0.2, 0) is 21.1 Å². The van der Waals surface area contributed by atoms with Gasteiger partial charge in [-0.2, -0.15) is 11.3 Å². The van der Waals surface area contributed by atoms with E-state index in [-0.39, 0.29) is 11.2 Å². The monoisotopic (exact) mass is 363 g/mol. The number of sulfone groups is 1. The maximum Gasteiger partial charge on any atom is 0.224 e. The molecule has 1 heterocycles. The van der Waals surface area contributed by atoms with E-state index in [9.17, 15) is 13.2 Å². The molecular weight excluding hydrogens is 342 g/mol. The first-order valence-electron chi connectivity index (χ1n) is 8.20. The maximum atomic E-state index is 12.5. The van der Waals surface area contributed by atoms with Crippen LogP contribution in [0.3, 0.4) is 0 Å². The summed E-state index contributed by atoms with van der Waals surface area (Å²) in [5, 5.41) is 6.61. The first-order valence-corrected chi connectivity index (χ1v) is 10.7. The van der Waals surface area contributed by atoms with Gasteiger partial charge in [-0.1, -0.05) is 12.8 Å². The van der Waals surface area contributed by atoms with Crippen molar-refractivity contribution in [2.24, 2.45) is 0 Å². The summed E-state index contributed by atoms with van der Waals surface area (Å²) < 4.78 is 25.0. The molecule has 2 aromatic rings. The van der Waals surface area contributed by atoms with E-state index in [2.05, 4.69) is 5.32 Å². The van der Waals surface area contributed by atoms with Crippen LogP contribution in [-0.4, -0.2) is 19.6 Å². The quantitative estimate of drug-likeness (QED) is 0.842. The third-order valence-corrected chi connectivity index (χ3v) is 7.44. The third-order valence-electron chi connectivity index (χ3n) is 4.43. The molecule has 1 saturated carbocycles. The van der Waals surface area contributed by atoms with Crippen LogP contribution in [0.25, 0.3) is 0 Å². The molecule has 0 spiro atoms. The van der Waals surface area contributed by atoms with Crippen molar-refractivity contribution in [2.75, 3.05) is 5.32 Å². The molecule has 128 valence electrons. The lowest BCUT2D eigenvalue weighted by molar-refractivity contribution is -0.116. The summed E-state index contributed by atoms with van der Waals surface area (Å²) >= 11 is 1.62. The van der Waals surface area contributed by atoms with Gasteiger partial charge in [0.25, 0.3) is 0 Å². The Bertz CT molecular complexity index is 774. The smallest absolute Gasteiger partial charge is 0.224 e. The Morgan fingerprint density at radius 1 is 1.12 bits per heavy atom. The van der Waals surface area contributed by atoms with Gasteiger partial charge in [0.15, 0.2) is 9.84 Å². The second kappa shape index (κ2) is 7.49. The van der Waals surface area contributed by atoms with Crippen molar-refractivity contribution in [3.05, 3.63) is 46.7 Å². The van der Waals surface area contributed by atoms with Gasteiger partial charge in [-0.05, 0) is 65.9 Å². The average Bonchev–Trinajstić information content (AvgIpc) is 3.27. The van der Waals surface area contributed by atoms with Crippen molar-refractivity contribution >= 4 is 32.8 Å². The average molecular weight is 364 g/mol. The predicted molar refractivity (Wildman–Crippen MR) is 97.2 cm³/mol. The molecule has 0 saturated heterocycles. The second-order valence-corrected chi connectivity index (χ2v) is 9.16. The Morgan fingerprint density at radius 2 is 1.83 bits per heavy atom. The van der Waals surface area contributed by atoms with E-state index in [4.69, 9.17) is 0 Å². The van der Waals surface area contributed by atoms with Crippen LogP contribution < -0.4 is 5.32 Å². The van der Waals surface area contributed by atoms with Gasteiger partial charge in [0, 0.05) is 12.1 Å². The number of aryl methyl sites for hydroxylation is 1. The van der Waals surface area contributed by atoms with Crippen molar-refractivity contribution in [1.82, 2.24) is 0 Å². The molecule has 6 heteroatoms. The number of benzene rings is 1. The minimum absolute atomic E-state index is 0.0624. The molecule has 1 aromatic carbocycles. The van der Waals surface area contributed by atoms with Crippen LogP contribution in [0.1, 0.15) is 37.7 Å². The Balaban J connectivity index is 1.59. The van der Waals surface area contributed by atoms with Gasteiger partial charge in [0.05, 0.1) is 10.1 Å². The fourth-order valence-electron chi connectivity index (χ4n) is 3.04. The number of carbonyl (C=O) groups is 1. The van der Waals surface area contributed by atoms with Gasteiger partial charge in [0.2, 0.25) is 5.91 Å². The molecule has 4 nitrogen and oxygen atoms in total. The number of amides is 1. The number of carbonyl (C=O) groups excluding carboxylic acids is 1.